The second kappa shape index (κ2) is 7.93. The van der Waals surface area contributed by atoms with Gasteiger partial charge < -0.3 is 19.6 Å². The molecule has 6 nitrogen and oxygen atoms in total. The van der Waals surface area contributed by atoms with Crippen LogP contribution in [0, 0.1) is 0 Å². The molecule has 0 saturated carbocycles. The van der Waals surface area contributed by atoms with Gasteiger partial charge in [0.25, 0.3) is 5.91 Å². The summed E-state index contributed by atoms with van der Waals surface area (Å²) in [4.78, 5) is 13.8. The largest absolute Gasteiger partial charge is 0.396 e. The van der Waals surface area contributed by atoms with E-state index in [1.54, 1.807) is 30.3 Å². The molecule has 0 atom stereocenters. The lowest BCUT2D eigenvalue weighted by atomic mass is 10.1. The Morgan fingerprint density at radius 3 is 2.55 bits per heavy atom. The van der Waals surface area contributed by atoms with Crippen molar-refractivity contribution in [2.24, 2.45) is 0 Å². The van der Waals surface area contributed by atoms with Crippen LogP contribution in [0.5, 0.6) is 0 Å². The highest BCUT2D eigenvalue weighted by atomic mass is 35.5. The van der Waals surface area contributed by atoms with E-state index in [-0.39, 0.29) is 31.4 Å². The number of amides is 1. The van der Waals surface area contributed by atoms with Crippen molar-refractivity contribution in [1.82, 2.24) is 10.1 Å². The summed E-state index contributed by atoms with van der Waals surface area (Å²) in [7, 11) is 0. The first-order chi connectivity index (χ1) is 10.7. The summed E-state index contributed by atoms with van der Waals surface area (Å²) in [5, 5.41) is 22.3. The van der Waals surface area contributed by atoms with Gasteiger partial charge >= 0.3 is 0 Å². The molecule has 2 rings (SSSR count). The third-order valence-electron chi connectivity index (χ3n) is 3.10. The van der Waals surface area contributed by atoms with Crippen LogP contribution in [-0.2, 0) is 0 Å². The second-order valence-corrected chi connectivity index (χ2v) is 5.11. The minimum absolute atomic E-state index is 0.0238. The van der Waals surface area contributed by atoms with Crippen molar-refractivity contribution >= 4 is 17.5 Å². The molecule has 0 aliphatic carbocycles. The van der Waals surface area contributed by atoms with Crippen LogP contribution in [-0.4, -0.2) is 52.5 Å². The SMILES string of the molecule is O=C(c1cc(-c2ccc(Cl)cc2)on1)N(CCO)CCCO. The number of hydrogen-bond acceptors (Lipinski definition) is 5. The van der Waals surface area contributed by atoms with Gasteiger partial charge in [0.05, 0.1) is 6.61 Å². The van der Waals surface area contributed by atoms with E-state index in [0.717, 1.165) is 5.56 Å². The molecule has 118 valence electrons. The maximum atomic E-state index is 12.3. The van der Waals surface area contributed by atoms with Crippen LogP contribution >= 0.6 is 11.6 Å². The lowest BCUT2D eigenvalue weighted by Crippen LogP contribution is -2.35. The Hall–Kier alpha value is -1.89. The van der Waals surface area contributed by atoms with E-state index in [1.807, 2.05) is 0 Å². The first-order valence-corrected chi connectivity index (χ1v) is 7.27. The minimum atomic E-state index is -0.341. The van der Waals surface area contributed by atoms with Crippen molar-refractivity contribution in [3.63, 3.8) is 0 Å². The standard InChI is InChI=1S/C15H17ClN2O4/c16-12-4-2-11(3-5-12)14-10-13(17-22-14)15(21)18(7-9-20)6-1-8-19/h2-5,10,19-20H,1,6-9H2. The monoisotopic (exact) mass is 324 g/mol. The Labute approximate surface area is 132 Å². The lowest BCUT2D eigenvalue weighted by Gasteiger charge is -2.19. The number of carbonyl (C=O) groups excluding carboxylic acids is 1. The molecule has 1 aromatic carbocycles. The van der Waals surface area contributed by atoms with Gasteiger partial charge in [-0.2, -0.15) is 0 Å². The molecule has 7 heteroatoms. The Kier molecular flexibility index (Phi) is 5.94. The van der Waals surface area contributed by atoms with Crippen molar-refractivity contribution in [1.29, 1.82) is 0 Å². The Morgan fingerprint density at radius 2 is 1.91 bits per heavy atom. The van der Waals surface area contributed by atoms with Gasteiger partial charge in [0.1, 0.15) is 0 Å². The number of aliphatic hydroxyl groups excluding tert-OH is 2. The zero-order chi connectivity index (χ0) is 15.9. The topological polar surface area (TPSA) is 86.8 Å². The van der Waals surface area contributed by atoms with E-state index in [9.17, 15) is 4.79 Å². The smallest absolute Gasteiger partial charge is 0.276 e. The molecule has 0 spiro atoms. The highest BCUT2D eigenvalue weighted by Gasteiger charge is 2.19. The summed E-state index contributed by atoms with van der Waals surface area (Å²) < 4.78 is 5.19. The predicted molar refractivity (Wildman–Crippen MR) is 81.6 cm³/mol. The van der Waals surface area contributed by atoms with Crippen LogP contribution in [0.3, 0.4) is 0 Å². The van der Waals surface area contributed by atoms with E-state index >= 15 is 0 Å². The van der Waals surface area contributed by atoms with Crippen molar-refractivity contribution in [2.45, 2.75) is 6.42 Å². The van der Waals surface area contributed by atoms with E-state index < -0.39 is 0 Å². The molecule has 1 heterocycles. The number of carbonyl (C=O) groups is 1. The fraction of sp³-hybridized carbons (Fsp3) is 0.333. The molecule has 0 aliphatic heterocycles. The van der Waals surface area contributed by atoms with Crippen LogP contribution in [0.4, 0.5) is 0 Å². The van der Waals surface area contributed by atoms with Crippen LogP contribution < -0.4 is 0 Å². The molecule has 22 heavy (non-hydrogen) atoms. The normalized spacial score (nSPS) is 10.7. The first kappa shape index (κ1) is 16.5. The Morgan fingerprint density at radius 1 is 1.18 bits per heavy atom. The van der Waals surface area contributed by atoms with Crippen LogP contribution in [0.2, 0.25) is 5.02 Å². The summed E-state index contributed by atoms with van der Waals surface area (Å²) in [6.07, 6.45) is 0.438. The Balaban J connectivity index is 2.14. The molecule has 0 fully saturated rings. The average molecular weight is 325 g/mol. The fourth-order valence-electron chi connectivity index (χ4n) is 1.99. The zero-order valence-electron chi connectivity index (χ0n) is 11.9. The van der Waals surface area contributed by atoms with Crippen molar-refractivity contribution in [3.8, 4) is 11.3 Å². The number of hydrogen-bond donors (Lipinski definition) is 2. The number of halogens is 1. The third-order valence-corrected chi connectivity index (χ3v) is 3.35. The third kappa shape index (κ3) is 4.07. The number of rotatable bonds is 7. The fourth-order valence-corrected chi connectivity index (χ4v) is 2.11. The van der Waals surface area contributed by atoms with E-state index in [0.29, 0.717) is 23.7 Å². The summed E-state index contributed by atoms with van der Waals surface area (Å²) in [5.74, 6) is 0.123. The molecule has 1 amide bonds. The predicted octanol–water partition coefficient (Wildman–Crippen LogP) is 1.81. The van der Waals surface area contributed by atoms with Gasteiger partial charge in [-0.15, -0.1) is 0 Å². The van der Waals surface area contributed by atoms with Crippen molar-refractivity contribution in [3.05, 3.63) is 41.0 Å². The maximum Gasteiger partial charge on any atom is 0.276 e. The quantitative estimate of drug-likeness (QED) is 0.811. The molecule has 0 aliphatic rings. The number of aliphatic hydroxyl groups is 2. The molecular weight excluding hydrogens is 308 g/mol. The van der Waals surface area contributed by atoms with E-state index in [4.69, 9.17) is 26.3 Å². The van der Waals surface area contributed by atoms with Gasteiger partial charge in [-0.3, -0.25) is 4.79 Å². The summed E-state index contributed by atoms with van der Waals surface area (Å²) in [6, 6.07) is 8.54. The molecule has 0 unspecified atom stereocenters. The zero-order valence-corrected chi connectivity index (χ0v) is 12.7. The lowest BCUT2D eigenvalue weighted by molar-refractivity contribution is 0.0700. The second-order valence-electron chi connectivity index (χ2n) is 4.68. The molecule has 1 aromatic heterocycles. The van der Waals surface area contributed by atoms with Crippen LogP contribution in [0.15, 0.2) is 34.9 Å². The molecule has 0 radical (unpaired) electrons. The molecule has 0 saturated heterocycles. The van der Waals surface area contributed by atoms with E-state index in [2.05, 4.69) is 5.16 Å². The molecule has 2 N–H and O–H groups in total. The van der Waals surface area contributed by atoms with Crippen LogP contribution in [0.25, 0.3) is 11.3 Å². The number of nitrogens with zero attached hydrogens (tertiary/aromatic N) is 2. The molecule has 0 bridgehead atoms. The molecular formula is C15H17ClN2O4. The van der Waals surface area contributed by atoms with Gasteiger partial charge in [-0.1, -0.05) is 16.8 Å². The van der Waals surface area contributed by atoms with Crippen molar-refractivity contribution in [2.75, 3.05) is 26.3 Å². The number of benzene rings is 1. The van der Waals surface area contributed by atoms with Gasteiger partial charge in [0.2, 0.25) is 0 Å². The van der Waals surface area contributed by atoms with Crippen LogP contribution in [0.1, 0.15) is 16.9 Å². The molecule has 2 aromatic rings. The summed E-state index contributed by atoms with van der Waals surface area (Å²) in [5.41, 5.74) is 0.927. The highest BCUT2D eigenvalue weighted by Crippen LogP contribution is 2.22. The van der Waals surface area contributed by atoms with Crippen molar-refractivity contribution < 1.29 is 19.5 Å². The van der Waals surface area contributed by atoms with Gasteiger partial charge in [0, 0.05) is 36.3 Å². The van der Waals surface area contributed by atoms with Gasteiger partial charge in [-0.25, -0.2) is 0 Å². The summed E-state index contributed by atoms with van der Waals surface area (Å²) >= 11 is 5.83. The van der Waals surface area contributed by atoms with E-state index in [1.165, 1.54) is 4.90 Å². The maximum absolute atomic E-state index is 12.3. The van der Waals surface area contributed by atoms with Gasteiger partial charge in [0.15, 0.2) is 11.5 Å². The van der Waals surface area contributed by atoms with Gasteiger partial charge in [-0.05, 0) is 30.7 Å². The minimum Gasteiger partial charge on any atom is -0.396 e. The average Bonchev–Trinajstić information content (AvgIpc) is 3.01. The summed E-state index contributed by atoms with van der Waals surface area (Å²) in [6.45, 7) is 0.351. The first-order valence-electron chi connectivity index (χ1n) is 6.89. The Bertz CT molecular complexity index is 612. The highest BCUT2D eigenvalue weighted by molar-refractivity contribution is 6.30. The number of aromatic nitrogens is 1.